The van der Waals surface area contributed by atoms with E-state index < -0.39 is 0 Å². The van der Waals surface area contributed by atoms with E-state index in [1.165, 1.54) is 0 Å². The maximum atomic E-state index is 12.7. The predicted octanol–water partition coefficient (Wildman–Crippen LogP) is 4.37. The smallest absolute Gasteiger partial charge is 0.241 e. The molecule has 1 atom stereocenters. The van der Waals surface area contributed by atoms with Gasteiger partial charge in [0, 0.05) is 35.1 Å². The number of carbonyl (C=O) groups is 1. The van der Waals surface area contributed by atoms with Crippen molar-refractivity contribution in [2.24, 2.45) is 0 Å². The Morgan fingerprint density at radius 1 is 1.11 bits per heavy atom. The number of nitrogens with one attached hydrogen (secondary N) is 1. The van der Waals surface area contributed by atoms with Crippen LogP contribution in [0.4, 0.5) is 11.4 Å². The number of hydrogen-bond donors (Lipinski definition) is 1. The van der Waals surface area contributed by atoms with Crippen LogP contribution in [0.3, 0.4) is 0 Å². The summed E-state index contributed by atoms with van der Waals surface area (Å²) in [5.74, 6) is 0.889. The molecule has 1 N–H and O–H groups in total. The van der Waals surface area contributed by atoms with Gasteiger partial charge in [0.15, 0.2) is 0 Å². The van der Waals surface area contributed by atoms with Crippen LogP contribution in [-0.4, -0.2) is 50.1 Å². The number of halogens is 2. The minimum Gasteiger partial charge on any atom is -0.495 e. The highest BCUT2D eigenvalue weighted by Gasteiger charge is 2.26. The van der Waals surface area contributed by atoms with Crippen LogP contribution in [-0.2, 0) is 4.79 Å². The molecule has 1 heterocycles. The molecule has 2 aromatic carbocycles. The molecule has 3 rings (SSSR count). The zero-order valence-corrected chi connectivity index (χ0v) is 18.6. The molecule has 0 bridgehead atoms. The van der Waals surface area contributed by atoms with Crippen LogP contribution in [0.2, 0.25) is 0 Å². The summed E-state index contributed by atoms with van der Waals surface area (Å²) in [6, 6.07) is 13.6. The third kappa shape index (κ3) is 4.83. The molecule has 1 amide bonds. The van der Waals surface area contributed by atoms with Crippen LogP contribution >= 0.6 is 31.9 Å². The van der Waals surface area contributed by atoms with Gasteiger partial charge >= 0.3 is 0 Å². The number of rotatable bonds is 5. The van der Waals surface area contributed by atoms with Crippen molar-refractivity contribution in [3.8, 4) is 5.75 Å². The summed E-state index contributed by atoms with van der Waals surface area (Å²) in [6.07, 6.45) is 0. The number of nitrogens with zero attached hydrogens (tertiary/aromatic N) is 2. The molecular formula is C20H23Br2N3O2. The van der Waals surface area contributed by atoms with Crippen LogP contribution in [0.5, 0.6) is 5.75 Å². The average Bonchev–Trinajstić information content (AvgIpc) is 2.69. The Morgan fingerprint density at radius 3 is 2.48 bits per heavy atom. The minimum atomic E-state index is -0.194. The summed E-state index contributed by atoms with van der Waals surface area (Å²) in [5.41, 5.74) is 1.89. The monoisotopic (exact) mass is 495 g/mol. The molecule has 1 aliphatic rings. The molecule has 144 valence electrons. The molecule has 5 nitrogen and oxygen atoms in total. The molecule has 0 radical (unpaired) electrons. The minimum absolute atomic E-state index is 0.00349. The first-order valence-electron chi connectivity index (χ1n) is 8.87. The standard InChI is InChI=1S/C20H23Br2N3O2/c1-14(20(26)23-17-8-7-15(21)13-16(17)22)24-9-11-25(12-10-24)18-5-3-4-6-19(18)27-2/h3-8,13-14H,9-12H2,1-2H3,(H,23,26). The molecule has 27 heavy (non-hydrogen) atoms. The number of methoxy groups -OCH3 is 1. The number of piperazine rings is 1. The Hall–Kier alpha value is -1.57. The van der Waals surface area contributed by atoms with Crippen LogP contribution in [0.1, 0.15) is 6.92 Å². The van der Waals surface area contributed by atoms with Crippen molar-refractivity contribution in [3.05, 3.63) is 51.4 Å². The fraction of sp³-hybridized carbons (Fsp3) is 0.350. The molecule has 0 saturated carbocycles. The van der Waals surface area contributed by atoms with E-state index >= 15 is 0 Å². The highest BCUT2D eigenvalue weighted by atomic mass is 79.9. The van der Waals surface area contributed by atoms with Gasteiger partial charge in [0.2, 0.25) is 5.91 Å². The number of anilines is 2. The lowest BCUT2D eigenvalue weighted by Gasteiger charge is -2.38. The highest BCUT2D eigenvalue weighted by Crippen LogP contribution is 2.29. The van der Waals surface area contributed by atoms with Gasteiger partial charge in [-0.2, -0.15) is 0 Å². The Labute approximate surface area is 176 Å². The first kappa shape index (κ1) is 20.2. The molecule has 0 aromatic heterocycles. The number of para-hydroxylation sites is 2. The lowest BCUT2D eigenvalue weighted by molar-refractivity contribution is -0.120. The second kappa shape index (κ2) is 9.08. The third-order valence-corrected chi connectivity index (χ3v) is 6.01. The van der Waals surface area contributed by atoms with Crippen LogP contribution in [0, 0.1) is 0 Å². The fourth-order valence-electron chi connectivity index (χ4n) is 3.23. The number of carbonyl (C=O) groups excluding carboxylic acids is 1. The van der Waals surface area contributed by atoms with Gasteiger partial charge in [0.1, 0.15) is 5.75 Å². The van der Waals surface area contributed by atoms with Gasteiger partial charge in [-0.05, 0) is 53.2 Å². The summed E-state index contributed by atoms with van der Waals surface area (Å²) in [6.45, 7) is 5.34. The molecule has 1 fully saturated rings. The Balaban J connectivity index is 1.59. The van der Waals surface area contributed by atoms with Crippen molar-refractivity contribution in [3.63, 3.8) is 0 Å². The summed E-state index contributed by atoms with van der Waals surface area (Å²) in [5, 5.41) is 3.01. The number of ether oxygens (including phenoxy) is 1. The van der Waals surface area contributed by atoms with Gasteiger partial charge in [-0.3, -0.25) is 9.69 Å². The second-order valence-electron chi connectivity index (χ2n) is 6.48. The zero-order chi connectivity index (χ0) is 19.4. The van der Waals surface area contributed by atoms with Crippen LogP contribution in [0.15, 0.2) is 51.4 Å². The normalized spacial score (nSPS) is 16.1. The Kier molecular flexibility index (Phi) is 6.78. The van der Waals surface area contributed by atoms with Gasteiger partial charge in [0.25, 0.3) is 0 Å². The third-order valence-electron chi connectivity index (χ3n) is 4.86. The number of benzene rings is 2. The lowest BCUT2D eigenvalue weighted by Crippen LogP contribution is -2.52. The largest absolute Gasteiger partial charge is 0.495 e. The van der Waals surface area contributed by atoms with Crippen molar-refractivity contribution in [1.29, 1.82) is 0 Å². The summed E-state index contributed by atoms with van der Waals surface area (Å²) < 4.78 is 7.30. The lowest BCUT2D eigenvalue weighted by atomic mass is 10.2. The second-order valence-corrected chi connectivity index (χ2v) is 8.25. The fourth-order valence-corrected chi connectivity index (χ4v) is 4.38. The van der Waals surface area contributed by atoms with E-state index in [4.69, 9.17) is 4.74 Å². The topological polar surface area (TPSA) is 44.8 Å². The first-order valence-corrected chi connectivity index (χ1v) is 10.5. The SMILES string of the molecule is COc1ccccc1N1CCN(C(C)C(=O)Nc2ccc(Br)cc2Br)CC1. The molecule has 7 heteroatoms. The molecule has 2 aromatic rings. The molecule has 1 aliphatic heterocycles. The number of amides is 1. The first-order chi connectivity index (χ1) is 13.0. The average molecular weight is 497 g/mol. The molecule has 1 unspecified atom stereocenters. The summed E-state index contributed by atoms with van der Waals surface area (Å²) >= 11 is 6.92. The number of hydrogen-bond acceptors (Lipinski definition) is 4. The molecule has 1 saturated heterocycles. The van der Waals surface area contributed by atoms with Gasteiger partial charge in [-0.25, -0.2) is 0 Å². The van der Waals surface area contributed by atoms with E-state index in [-0.39, 0.29) is 11.9 Å². The van der Waals surface area contributed by atoms with E-state index in [0.717, 1.165) is 52.2 Å². The van der Waals surface area contributed by atoms with E-state index in [2.05, 4.69) is 53.0 Å². The van der Waals surface area contributed by atoms with Gasteiger partial charge in [-0.1, -0.05) is 28.1 Å². The van der Waals surface area contributed by atoms with Crippen LogP contribution in [0.25, 0.3) is 0 Å². The zero-order valence-electron chi connectivity index (χ0n) is 15.4. The van der Waals surface area contributed by atoms with E-state index in [0.29, 0.717) is 0 Å². The molecule has 0 spiro atoms. The maximum absolute atomic E-state index is 12.7. The van der Waals surface area contributed by atoms with Gasteiger partial charge in [0.05, 0.1) is 24.5 Å². The Morgan fingerprint density at radius 2 is 1.81 bits per heavy atom. The van der Waals surface area contributed by atoms with Crippen molar-refractivity contribution < 1.29 is 9.53 Å². The molecular weight excluding hydrogens is 474 g/mol. The van der Waals surface area contributed by atoms with E-state index in [1.54, 1.807) is 7.11 Å². The Bertz CT molecular complexity index is 808. The van der Waals surface area contributed by atoms with Crippen molar-refractivity contribution in [1.82, 2.24) is 4.90 Å². The van der Waals surface area contributed by atoms with E-state index in [1.807, 2.05) is 43.3 Å². The van der Waals surface area contributed by atoms with Gasteiger partial charge < -0.3 is 15.0 Å². The summed E-state index contributed by atoms with van der Waals surface area (Å²) in [4.78, 5) is 17.2. The van der Waals surface area contributed by atoms with Crippen LogP contribution < -0.4 is 15.0 Å². The quantitative estimate of drug-likeness (QED) is 0.667. The van der Waals surface area contributed by atoms with Crippen molar-refractivity contribution in [2.75, 3.05) is 43.5 Å². The maximum Gasteiger partial charge on any atom is 0.241 e. The molecule has 0 aliphatic carbocycles. The van der Waals surface area contributed by atoms with Crippen molar-refractivity contribution >= 4 is 49.1 Å². The highest BCUT2D eigenvalue weighted by molar-refractivity contribution is 9.11. The van der Waals surface area contributed by atoms with E-state index in [9.17, 15) is 4.79 Å². The summed E-state index contributed by atoms with van der Waals surface area (Å²) in [7, 11) is 1.70. The van der Waals surface area contributed by atoms with Gasteiger partial charge in [-0.15, -0.1) is 0 Å². The predicted molar refractivity (Wildman–Crippen MR) is 117 cm³/mol. The van der Waals surface area contributed by atoms with Crippen molar-refractivity contribution in [2.45, 2.75) is 13.0 Å².